The normalized spacial score (nSPS) is 14.6. The number of aryl methyl sites for hydroxylation is 1. The van der Waals surface area contributed by atoms with Crippen LogP contribution in [-0.2, 0) is 4.79 Å². The number of amides is 2. The fourth-order valence-corrected chi connectivity index (χ4v) is 3.49. The number of carbonyl (C=O) groups is 2. The van der Waals surface area contributed by atoms with E-state index in [1.54, 1.807) is 13.1 Å². The van der Waals surface area contributed by atoms with E-state index in [1.165, 1.54) is 16.4 Å². The number of likely N-dealkylation sites (N-methyl/N-ethyl adjacent to an activating group) is 1. The second-order valence-corrected chi connectivity index (χ2v) is 7.52. The average Bonchev–Trinajstić information content (AvgIpc) is 3.33. The van der Waals surface area contributed by atoms with Crippen LogP contribution in [-0.4, -0.2) is 34.3 Å². The number of hydrogen-bond acceptors (Lipinski definition) is 7. The Hall–Kier alpha value is -2.75. The molecule has 1 unspecified atom stereocenters. The van der Waals surface area contributed by atoms with Crippen molar-refractivity contribution in [2.24, 2.45) is 17.4 Å². The first-order chi connectivity index (χ1) is 12.8. The molecule has 1 fully saturated rings. The molecule has 2 aromatic heterocycles. The molecule has 1 atom stereocenters. The lowest BCUT2D eigenvalue weighted by Gasteiger charge is -2.27. The molecule has 3 rings (SSSR count). The molecule has 0 spiro atoms. The Labute approximate surface area is 159 Å². The number of nitrogens with two attached hydrogens (primary N) is 2. The number of carbonyl (C=O) groups excluding carboxylic acids is 2. The third-order valence-corrected chi connectivity index (χ3v) is 5.27. The summed E-state index contributed by atoms with van der Waals surface area (Å²) in [4.78, 5) is 29.3. The molecule has 0 bridgehead atoms. The van der Waals surface area contributed by atoms with Gasteiger partial charge in [0.15, 0.2) is 11.6 Å². The number of pyridine rings is 1. The number of halogens is 1. The van der Waals surface area contributed by atoms with Gasteiger partial charge in [-0.15, -0.1) is 0 Å². The van der Waals surface area contributed by atoms with Crippen LogP contribution in [0.4, 0.5) is 21.0 Å². The molecule has 5 N–H and O–H groups in total. The Kier molecular flexibility index (Phi) is 5.26. The summed E-state index contributed by atoms with van der Waals surface area (Å²) in [5, 5.41) is 3.58. The van der Waals surface area contributed by atoms with Crippen molar-refractivity contribution in [1.29, 1.82) is 0 Å². The third kappa shape index (κ3) is 4.33. The Morgan fingerprint density at radius 2 is 2.11 bits per heavy atom. The summed E-state index contributed by atoms with van der Waals surface area (Å²) in [7, 11) is 1.56. The predicted molar refractivity (Wildman–Crippen MR) is 102 cm³/mol. The number of nitrogens with zero attached hydrogens (tertiary/aromatic N) is 3. The Morgan fingerprint density at radius 1 is 1.41 bits per heavy atom. The van der Waals surface area contributed by atoms with E-state index >= 15 is 0 Å². The zero-order valence-corrected chi connectivity index (χ0v) is 15.8. The third-order valence-electron chi connectivity index (χ3n) is 4.48. The van der Waals surface area contributed by atoms with Crippen LogP contribution in [0.1, 0.15) is 35.3 Å². The predicted octanol–water partition coefficient (Wildman–Crippen LogP) is 1.92. The lowest BCUT2D eigenvalue weighted by atomic mass is 10.1. The molecule has 1 aliphatic rings. The van der Waals surface area contributed by atoms with Gasteiger partial charge >= 0.3 is 0 Å². The SMILES string of the molecule is Cc1cc(Nc2nc(N(C)C(CC3CC3)C(N)=O)c(F)cc2C(N)=O)sn1. The van der Waals surface area contributed by atoms with Crippen molar-refractivity contribution < 1.29 is 14.0 Å². The van der Waals surface area contributed by atoms with Crippen molar-refractivity contribution >= 4 is 40.0 Å². The Balaban J connectivity index is 1.97. The summed E-state index contributed by atoms with van der Waals surface area (Å²) in [6, 6.07) is 2.10. The van der Waals surface area contributed by atoms with Gasteiger partial charge in [-0.05, 0) is 42.9 Å². The maximum atomic E-state index is 14.7. The zero-order valence-electron chi connectivity index (χ0n) is 15.0. The summed E-state index contributed by atoms with van der Waals surface area (Å²) in [6.07, 6.45) is 2.61. The summed E-state index contributed by atoms with van der Waals surface area (Å²) in [5.74, 6) is -1.67. The maximum absolute atomic E-state index is 14.7. The lowest BCUT2D eigenvalue weighted by molar-refractivity contribution is -0.119. The van der Waals surface area contributed by atoms with E-state index in [0.29, 0.717) is 17.3 Å². The van der Waals surface area contributed by atoms with E-state index in [2.05, 4.69) is 14.7 Å². The molecule has 1 saturated carbocycles. The van der Waals surface area contributed by atoms with Gasteiger partial charge in [0.1, 0.15) is 16.9 Å². The van der Waals surface area contributed by atoms with Crippen LogP contribution in [0.15, 0.2) is 12.1 Å². The molecule has 0 radical (unpaired) electrons. The number of rotatable bonds is 8. The van der Waals surface area contributed by atoms with Crippen LogP contribution in [0.25, 0.3) is 0 Å². The molecule has 27 heavy (non-hydrogen) atoms. The Morgan fingerprint density at radius 3 is 2.63 bits per heavy atom. The molecule has 1 aliphatic carbocycles. The summed E-state index contributed by atoms with van der Waals surface area (Å²) >= 11 is 1.18. The molecule has 2 heterocycles. The lowest BCUT2D eigenvalue weighted by Crippen LogP contribution is -2.44. The van der Waals surface area contributed by atoms with Gasteiger partial charge < -0.3 is 21.7 Å². The van der Waals surface area contributed by atoms with Gasteiger partial charge in [0.2, 0.25) is 5.91 Å². The monoisotopic (exact) mass is 392 g/mol. The fraction of sp³-hybridized carbons (Fsp3) is 0.412. The highest BCUT2D eigenvalue weighted by Crippen LogP contribution is 2.36. The van der Waals surface area contributed by atoms with E-state index in [-0.39, 0.29) is 17.2 Å². The topological polar surface area (TPSA) is 127 Å². The van der Waals surface area contributed by atoms with Crippen molar-refractivity contribution in [2.75, 3.05) is 17.3 Å². The molecular formula is C17H21FN6O2S. The highest BCUT2D eigenvalue weighted by molar-refractivity contribution is 7.10. The van der Waals surface area contributed by atoms with E-state index in [0.717, 1.165) is 24.6 Å². The van der Waals surface area contributed by atoms with Crippen molar-refractivity contribution in [3.63, 3.8) is 0 Å². The minimum absolute atomic E-state index is 0.0758. The largest absolute Gasteiger partial charge is 0.368 e. The standard InChI is InChI=1S/C17H21FN6O2S/c1-8-5-13(27-23-8)21-16-10(14(19)25)7-11(18)17(22-16)24(2)12(15(20)26)6-9-3-4-9/h5,7,9,12H,3-4,6H2,1-2H3,(H2,19,25)(H2,20,26)(H,21,22). The van der Waals surface area contributed by atoms with Gasteiger partial charge in [-0.3, -0.25) is 9.59 Å². The molecule has 0 aromatic carbocycles. The maximum Gasteiger partial charge on any atom is 0.252 e. The van der Waals surface area contributed by atoms with Gasteiger partial charge in [-0.25, -0.2) is 9.37 Å². The van der Waals surface area contributed by atoms with Crippen LogP contribution in [0.2, 0.25) is 0 Å². The molecule has 2 aromatic rings. The summed E-state index contributed by atoms with van der Waals surface area (Å²) in [6.45, 7) is 1.82. The van der Waals surface area contributed by atoms with E-state index in [1.807, 2.05) is 6.92 Å². The number of nitrogens with one attached hydrogen (secondary N) is 1. The highest BCUT2D eigenvalue weighted by atomic mass is 32.1. The van der Waals surface area contributed by atoms with Crippen LogP contribution in [0.3, 0.4) is 0 Å². The second kappa shape index (κ2) is 7.47. The number of primary amides is 2. The molecule has 10 heteroatoms. The second-order valence-electron chi connectivity index (χ2n) is 6.72. The first-order valence-electron chi connectivity index (χ1n) is 8.49. The molecule has 2 amide bonds. The molecule has 0 aliphatic heterocycles. The molecule has 0 saturated heterocycles. The first-order valence-corrected chi connectivity index (χ1v) is 9.26. The van der Waals surface area contributed by atoms with Crippen molar-refractivity contribution in [1.82, 2.24) is 9.36 Å². The van der Waals surface area contributed by atoms with Crippen molar-refractivity contribution in [2.45, 2.75) is 32.2 Å². The quantitative estimate of drug-likeness (QED) is 0.630. The molecular weight excluding hydrogens is 371 g/mol. The van der Waals surface area contributed by atoms with E-state index < -0.39 is 23.7 Å². The highest BCUT2D eigenvalue weighted by Gasteiger charge is 2.32. The van der Waals surface area contributed by atoms with Gasteiger partial charge in [0.25, 0.3) is 5.91 Å². The van der Waals surface area contributed by atoms with Crippen LogP contribution in [0, 0.1) is 18.7 Å². The first kappa shape index (κ1) is 19.0. The van der Waals surface area contributed by atoms with Gasteiger partial charge in [-0.1, -0.05) is 12.8 Å². The fourth-order valence-electron chi connectivity index (χ4n) is 2.83. The smallest absolute Gasteiger partial charge is 0.252 e. The minimum Gasteiger partial charge on any atom is -0.368 e. The van der Waals surface area contributed by atoms with Gasteiger partial charge in [-0.2, -0.15) is 4.37 Å². The summed E-state index contributed by atoms with van der Waals surface area (Å²) in [5.41, 5.74) is 11.6. The van der Waals surface area contributed by atoms with E-state index in [9.17, 15) is 14.0 Å². The van der Waals surface area contributed by atoms with Gasteiger partial charge in [0.05, 0.1) is 11.3 Å². The average molecular weight is 392 g/mol. The molecule has 144 valence electrons. The van der Waals surface area contributed by atoms with Crippen LogP contribution in [0.5, 0.6) is 0 Å². The van der Waals surface area contributed by atoms with Crippen molar-refractivity contribution in [3.05, 3.63) is 29.2 Å². The van der Waals surface area contributed by atoms with Crippen LogP contribution >= 0.6 is 11.5 Å². The van der Waals surface area contributed by atoms with Gasteiger partial charge in [0, 0.05) is 7.05 Å². The van der Waals surface area contributed by atoms with Crippen molar-refractivity contribution in [3.8, 4) is 0 Å². The number of anilines is 3. The van der Waals surface area contributed by atoms with E-state index in [4.69, 9.17) is 11.5 Å². The molecule has 8 nitrogen and oxygen atoms in total. The number of hydrogen-bond donors (Lipinski definition) is 3. The summed E-state index contributed by atoms with van der Waals surface area (Å²) < 4.78 is 18.8. The van der Waals surface area contributed by atoms with Crippen LogP contribution < -0.4 is 21.7 Å². The minimum atomic E-state index is -0.816. The Bertz CT molecular complexity index is 882. The zero-order chi connectivity index (χ0) is 19.7. The number of aromatic nitrogens is 2.